The van der Waals surface area contributed by atoms with Gasteiger partial charge in [-0.3, -0.25) is 4.79 Å². The second-order valence-electron chi connectivity index (χ2n) is 6.08. The number of pyridine rings is 1. The van der Waals surface area contributed by atoms with Gasteiger partial charge in [-0.25, -0.2) is 13.4 Å². The second-order valence-corrected chi connectivity index (χ2v) is 8.02. The average Bonchev–Trinajstić information content (AvgIpc) is 2.68. The third kappa shape index (κ3) is 4.07. The zero-order valence-corrected chi connectivity index (χ0v) is 15.6. The lowest BCUT2D eigenvalue weighted by Crippen LogP contribution is -2.49. The Hall–Kier alpha value is -2.96. The van der Waals surface area contributed by atoms with Gasteiger partial charge in [-0.2, -0.15) is 9.57 Å². The highest BCUT2D eigenvalue weighted by molar-refractivity contribution is 7.89. The van der Waals surface area contributed by atoms with Gasteiger partial charge in [-0.15, -0.1) is 0 Å². The minimum atomic E-state index is -3.62. The first-order valence-corrected chi connectivity index (χ1v) is 9.83. The molecule has 1 saturated heterocycles. The lowest BCUT2D eigenvalue weighted by atomic mass is 10.2. The van der Waals surface area contributed by atoms with Crippen molar-refractivity contribution in [2.24, 2.45) is 0 Å². The van der Waals surface area contributed by atoms with Crippen LogP contribution in [-0.2, 0) is 14.8 Å². The van der Waals surface area contributed by atoms with Crippen LogP contribution in [0.3, 0.4) is 0 Å². The average molecular weight is 385 g/mol. The van der Waals surface area contributed by atoms with Crippen molar-refractivity contribution in [2.75, 3.05) is 36.4 Å². The van der Waals surface area contributed by atoms with Crippen LogP contribution in [0.1, 0.15) is 12.5 Å². The quantitative estimate of drug-likeness (QED) is 0.853. The lowest BCUT2D eigenvalue weighted by Gasteiger charge is -2.35. The van der Waals surface area contributed by atoms with Crippen LogP contribution in [0.25, 0.3) is 0 Å². The van der Waals surface area contributed by atoms with Crippen molar-refractivity contribution in [3.8, 4) is 6.07 Å². The molecule has 140 valence electrons. The highest BCUT2D eigenvalue weighted by Crippen LogP contribution is 2.23. The standard InChI is InChI=1S/C18H19N5O3S/c1-14(24)21-16-4-6-17(7-5-16)27(25,26)23-11-9-22(10-12-23)18-15(13-19)3-2-8-20-18/h2-8H,9-12H2,1H3,(H,21,24). The van der Waals surface area contributed by atoms with Gasteiger partial charge in [-0.05, 0) is 36.4 Å². The molecular weight excluding hydrogens is 366 g/mol. The Balaban J connectivity index is 1.71. The first kappa shape index (κ1) is 18.8. The fourth-order valence-electron chi connectivity index (χ4n) is 2.94. The Morgan fingerprint density at radius 3 is 2.41 bits per heavy atom. The molecule has 2 aromatic rings. The van der Waals surface area contributed by atoms with Crippen molar-refractivity contribution in [1.82, 2.24) is 9.29 Å². The highest BCUT2D eigenvalue weighted by Gasteiger charge is 2.29. The van der Waals surface area contributed by atoms with Crippen LogP contribution < -0.4 is 10.2 Å². The first-order chi connectivity index (χ1) is 12.9. The van der Waals surface area contributed by atoms with Gasteiger partial charge in [0.2, 0.25) is 15.9 Å². The molecule has 9 heteroatoms. The fourth-order valence-corrected chi connectivity index (χ4v) is 4.36. The summed E-state index contributed by atoms with van der Waals surface area (Å²) in [5.41, 5.74) is 1.02. The molecule has 1 aromatic carbocycles. The lowest BCUT2D eigenvalue weighted by molar-refractivity contribution is -0.114. The number of hydrogen-bond acceptors (Lipinski definition) is 6. The maximum atomic E-state index is 12.8. The third-order valence-electron chi connectivity index (χ3n) is 4.26. The molecule has 1 amide bonds. The molecule has 0 spiro atoms. The Labute approximate surface area is 158 Å². The molecule has 0 unspecified atom stereocenters. The SMILES string of the molecule is CC(=O)Nc1ccc(S(=O)(=O)N2CCN(c3ncccc3C#N)CC2)cc1. The topological polar surface area (TPSA) is 106 Å². The number of hydrogen-bond donors (Lipinski definition) is 1. The molecule has 1 aliphatic rings. The van der Waals surface area contributed by atoms with E-state index in [2.05, 4.69) is 16.4 Å². The highest BCUT2D eigenvalue weighted by atomic mass is 32.2. The predicted molar refractivity (Wildman–Crippen MR) is 101 cm³/mol. The molecule has 0 saturated carbocycles. The van der Waals surface area contributed by atoms with E-state index < -0.39 is 10.0 Å². The van der Waals surface area contributed by atoms with Crippen LogP contribution in [0.4, 0.5) is 11.5 Å². The molecule has 0 atom stereocenters. The van der Waals surface area contributed by atoms with Crippen LogP contribution in [0, 0.1) is 11.3 Å². The van der Waals surface area contributed by atoms with E-state index in [1.807, 2.05) is 4.90 Å². The van der Waals surface area contributed by atoms with E-state index in [1.54, 1.807) is 30.5 Å². The summed E-state index contributed by atoms with van der Waals surface area (Å²) in [5.74, 6) is 0.365. The summed E-state index contributed by atoms with van der Waals surface area (Å²) in [4.78, 5) is 17.4. The molecule has 1 N–H and O–H groups in total. The smallest absolute Gasteiger partial charge is 0.243 e. The summed E-state index contributed by atoms with van der Waals surface area (Å²) >= 11 is 0. The zero-order chi connectivity index (χ0) is 19.4. The minimum absolute atomic E-state index is 0.181. The summed E-state index contributed by atoms with van der Waals surface area (Å²) in [7, 11) is -3.62. The number of aromatic nitrogens is 1. The van der Waals surface area contributed by atoms with Crippen LogP contribution in [0.5, 0.6) is 0 Å². The van der Waals surface area contributed by atoms with Crippen molar-refractivity contribution in [2.45, 2.75) is 11.8 Å². The van der Waals surface area contributed by atoms with Crippen molar-refractivity contribution in [1.29, 1.82) is 5.26 Å². The van der Waals surface area contributed by atoms with E-state index in [4.69, 9.17) is 0 Å². The molecule has 27 heavy (non-hydrogen) atoms. The number of anilines is 2. The van der Waals surface area contributed by atoms with Gasteiger partial charge in [0.1, 0.15) is 11.9 Å². The Kier molecular flexibility index (Phi) is 5.39. The number of benzene rings is 1. The monoisotopic (exact) mass is 385 g/mol. The Morgan fingerprint density at radius 2 is 1.81 bits per heavy atom. The van der Waals surface area contributed by atoms with Crippen LogP contribution in [0.2, 0.25) is 0 Å². The summed E-state index contributed by atoms with van der Waals surface area (Å²) in [6, 6.07) is 11.6. The molecule has 0 aliphatic carbocycles. The number of carbonyl (C=O) groups is 1. The van der Waals surface area contributed by atoms with Crippen LogP contribution in [-0.4, -0.2) is 49.8 Å². The summed E-state index contributed by atoms with van der Waals surface area (Å²) in [6.45, 7) is 2.90. The Morgan fingerprint density at radius 1 is 1.15 bits per heavy atom. The summed E-state index contributed by atoms with van der Waals surface area (Å²) in [5, 5.41) is 11.8. The van der Waals surface area contributed by atoms with Crippen molar-refractivity contribution >= 4 is 27.4 Å². The summed E-state index contributed by atoms with van der Waals surface area (Å²) < 4.78 is 27.1. The van der Waals surface area contributed by atoms with E-state index in [9.17, 15) is 18.5 Å². The predicted octanol–water partition coefficient (Wildman–Crippen LogP) is 1.42. The van der Waals surface area contributed by atoms with E-state index in [0.717, 1.165) is 0 Å². The van der Waals surface area contributed by atoms with Gasteiger partial charge >= 0.3 is 0 Å². The number of nitrogens with zero attached hydrogens (tertiary/aromatic N) is 4. The fraction of sp³-hybridized carbons (Fsp3) is 0.278. The molecule has 1 aliphatic heterocycles. The maximum Gasteiger partial charge on any atom is 0.243 e. The van der Waals surface area contributed by atoms with Crippen molar-refractivity contribution in [3.63, 3.8) is 0 Å². The number of piperazine rings is 1. The van der Waals surface area contributed by atoms with Crippen LogP contribution in [0.15, 0.2) is 47.5 Å². The number of carbonyl (C=O) groups excluding carboxylic acids is 1. The molecule has 3 rings (SSSR count). The summed E-state index contributed by atoms with van der Waals surface area (Å²) in [6.07, 6.45) is 1.62. The van der Waals surface area contributed by atoms with E-state index in [-0.39, 0.29) is 10.8 Å². The van der Waals surface area contributed by atoms with Crippen molar-refractivity contribution < 1.29 is 13.2 Å². The second kappa shape index (κ2) is 7.73. The number of rotatable bonds is 4. The molecular formula is C18H19N5O3S. The molecule has 8 nitrogen and oxygen atoms in total. The van der Waals surface area contributed by atoms with Gasteiger partial charge in [0, 0.05) is 45.0 Å². The number of nitriles is 1. The van der Waals surface area contributed by atoms with Gasteiger partial charge in [0.25, 0.3) is 0 Å². The zero-order valence-electron chi connectivity index (χ0n) is 14.8. The number of amides is 1. The maximum absolute atomic E-state index is 12.8. The number of sulfonamides is 1. The molecule has 1 fully saturated rings. The van der Waals surface area contributed by atoms with Gasteiger partial charge in [0.15, 0.2) is 0 Å². The third-order valence-corrected chi connectivity index (χ3v) is 6.17. The van der Waals surface area contributed by atoms with E-state index in [0.29, 0.717) is 43.2 Å². The van der Waals surface area contributed by atoms with Crippen molar-refractivity contribution in [3.05, 3.63) is 48.2 Å². The molecule has 2 heterocycles. The number of nitrogens with one attached hydrogen (secondary N) is 1. The largest absolute Gasteiger partial charge is 0.353 e. The van der Waals surface area contributed by atoms with E-state index in [1.165, 1.54) is 23.4 Å². The molecule has 0 bridgehead atoms. The van der Waals surface area contributed by atoms with Gasteiger partial charge in [-0.1, -0.05) is 0 Å². The van der Waals surface area contributed by atoms with Gasteiger partial charge < -0.3 is 10.2 Å². The Bertz CT molecular complexity index is 975. The first-order valence-electron chi connectivity index (χ1n) is 8.39. The molecule has 1 aromatic heterocycles. The van der Waals surface area contributed by atoms with Gasteiger partial charge in [0.05, 0.1) is 10.5 Å². The van der Waals surface area contributed by atoms with Crippen LogP contribution >= 0.6 is 0 Å². The van der Waals surface area contributed by atoms with E-state index >= 15 is 0 Å². The minimum Gasteiger partial charge on any atom is -0.353 e. The molecule has 0 radical (unpaired) electrons. The normalized spacial score (nSPS) is 15.2.